The molecule has 0 bridgehead atoms. The molecule has 15 heteroatoms. The molecule has 2 fully saturated rings. The lowest BCUT2D eigenvalue weighted by Crippen LogP contribution is -2.51. The van der Waals surface area contributed by atoms with Gasteiger partial charge in [-0.3, -0.25) is 0 Å². The highest BCUT2D eigenvalue weighted by atomic mass is 32.2. The maximum absolute atomic E-state index is 14.1. The molecule has 2 aromatic carbocycles. The van der Waals surface area contributed by atoms with Gasteiger partial charge in [0.1, 0.15) is 18.4 Å². The number of sulfonamides is 1. The number of aromatic nitrogens is 1. The van der Waals surface area contributed by atoms with Gasteiger partial charge < -0.3 is 38.8 Å². The molecule has 3 aliphatic rings. The number of hydrogen-bond donors (Lipinski definition) is 2. The van der Waals surface area contributed by atoms with Crippen molar-refractivity contribution in [3.05, 3.63) is 64.1 Å². The number of alkyl carbamates (subject to hydrolysis) is 1. The predicted molar refractivity (Wildman–Crippen MR) is 174 cm³/mol. The van der Waals surface area contributed by atoms with Gasteiger partial charge in [-0.2, -0.15) is 4.31 Å². The number of benzene rings is 2. The Balaban J connectivity index is 1.26. The van der Waals surface area contributed by atoms with E-state index in [9.17, 15) is 18.3 Å². The van der Waals surface area contributed by atoms with Gasteiger partial charge in [0.25, 0.3) is 0 Å². The van der Waals surface area contributed by atoms with E-state index in [-0.39, 0.29) is 60.3 Å². The van der Waals surface area contributed by atoms with E-state index in [2.05, 4.69) is 10.3 Å². The fourth-order valence-corrected chi connectivity index (χ4v) is 7.56. The van der Waals surface area contributed by atoms with E-state index in [4.69, 9.17) is 33.9 Å². The summed E-state index contributed by atoms with van der Waals surface area (Å²) in [7, 11) is -4.60. The minimum absolute atomic E-state index is 0.0926. The highest BCUT2D eigenvalue weighted by Crippen LogP contribution is 2.35. The molecule has 48 heavy (non-hydrogen) atoms. The van der Waals surface area contributed by atoms with Gasteiger partial charge in [-0.15, -0.1) is 11.3 Å². The molecule has 3 aromatic rings. The summed E-state index contributed by atoms with van der Waals surface area (Å²) in [4.78, 5) is 17.3. The Kier molecular flexibility index (Phi) is 9.18. The van der Waals surface area contributed by atoms with Crippen molar-refractivity contribution in [3.8, 4) is 17.2 Å². The van der Waals surface area contributed by atoms with Gasteiger partial charge in [0.05, 0.1) is 49.6 Å². The molecule has 4 heterocycles. The maximum atomic E-state index is 14.1. The Morgan fingerprint density at radius 1 is 1.19 bits per heavy atom. The molecule has 2 N–H and O–H groups in total. The van der Waals surface area contributed by atoms with Crippen LogP contribution in [0.2, 0.25) is 0 Å². The molecule has 0 radical (unpaired) electrons. The van der Waals surface area contributed by atoms with Crippen LogP contribution >= 0.6 is 11.3 Å². The normalized spacial score (nSPS) is 23.2. The van der Waals surface area contributed by atoms with E-state index < -0.39 is 53.7 Å². The Bertz CT molecular complexity index is 1850. The van der Waals surface area contributed by atoms with Crippen LogP contribution in [0.25, 0.3) is 0 Å². The van der Waals surface area contributed by atoms with E-state index in [1.54, 1.807) is 38.3 Å². The summed E-state index contributed by atoms with van der Waals surface area (Å²) in [5, 5.41) is 16.7. The summed E-state index contributed by atoms with van der Waals surface area (Å²) in [6, 6.07) is 8.64. The number of fused-ring (bicyclic) bond motifs is 2. The molecule has 1 amide bonds. The van der Waals surface area contributed by atoms with Crippen LogP contribution in [0.5, 0.6) is 17.2 Å². The molecule has 2 saturated heterocycles. The number of aryl methyl sites for hydroxylation is 1. The number of aliphatic hydroxyl groups is 1. The van der Waals surface area contributed by atoms with Crippen LogP contribution in [0.3, 0.4) is 0 Å². The topological polar surface area (TPSA) is 155 Å². The lowest BCUT2D eigenvalue weighted by atomic mass is 10.0. The molecule has 0 saturated carbocycles. The number of hydrogen-bond acceptors (Lipinski definition) is 12. The third kappa shape index (κ3) is 8.21. The fraction of sp³-hybridized carbons (Fsp3) is 0.515. The third-order valence-corrected chi connectivity index (χ3v) is 10.4. The molecule has 260 valence electrons. The standard InChI is InChI=1S/C33H41N3O10S2/c1-20(2)14-36(48(39,40)25-8-9-29-30(13-25)45-19-44-29)15-28(37)27(35-33(38)46-31-17-43-32-26(31)10-11-41-32)12-22-4-6-24(7-5-22)42-16-23-18-47-21(3)34-23/h4-9,13,18,20,26-28,31-32,37H,10-12,14-17,19H2,1-3H3,(H,35,38)/t26-,27-,28+,31-,32+/m0/s1/i15D2,16D2. The monoisotopic (exact) mass is 707 g/mol. The first kappa shape index (κ1) is 29.4. The lowest BCUT2D eigenvalue weighted by molar-refractivity contribution is -0.0907. The lowest BCUT2D eigenvalue weighted by Gasteiger charge is -2.31. The number of rotatable bonds is 14. The SMILES string of the molecule is [2H]C([2H])(Oc1ccc(C[C@H](NC(=O)O[C@H]2CO[C@H]3OCC[C@H]32)[C@H](O)C([2H])([2H])N(CC(C)C)S(=O)(=O)c2ccc3c(c2)OCO3)cc1)c1csc(C)n1. The number of carbonyl (C=O) groups is 1. The van der Waals surface area contributed by atoms with Gasteiger partial charge in [0.15, 0.2) is 17.8 Å². The van der Waals surface area contributed by atoms with Crippen molar-refractivity contribution in [1.29, 1.82) is 0 Å². The van der Waals surface area contributed by atoms with Crippen LogP contribution in [0, 0.1) is 18.8 Å². The molecule has 0 aliphatic carbocycles. The van der Waals surface area contributed by atoms with E-state index >= 15 is 0 Å². The molecule has 0 unspecified atom stereocenters. The summed E-state index contributed by atoms with van der Waals surface area (Å²) in [5.41, 5.74) is 0.608. The molecule has 5 atom stereocenters. The van der Waals surface area contributed by atoms with E-state index in [1.807, 2.05) is 0 Å². The Hall–Kier alpha value is -3.47. The number of aliphatic hydroxyl groups excluding tert-OH is 1. The molecule has 3 aliphatic heterocycles. The number of ether oxygens (including phenoxy) is 6. The van der Waals surface area contributed by atoms with Gasteiger partial charge in [0.2, 0.25) is 16.8 Å². The van der Waals surface area contributed by atoms with Crippen LogP contribution in [0.1, 0.15) is 42.0 Å². The first-order valence-electron chi connectivity index (χ1n) is 17.6. The number of amides is 1. The smallest absolute Gasteiger partial charge is 0.407 e. The second kappa shape index (κ2) is 15.0. The number of nitrogens with one attached hydrogen (secondary N) is 1. The van der Waals surface area contributed by atoms with Gasteiger partial charge >= 0.3 is 6.09 Å². The number of thiazole rings is 1. The van der Waals surface area contributed by atoms with Crippen molar-refractivity contribution in [2.45, 2.75) is 69.6 Å². The number of carbonyl (C=O) groups excluding carboxylic acids is 1. The third-order valence-electron chi connectivity index (χ3n) is 7.94. The Morgan fingerprint density at radius 3 is 2.73 bits per heavy atom. The van der Waals surface area contributed by atoms with Crippen LogP contribution in [-0.2, 0) is 37.2 Å². The first-order chi connectivity index (χ1) is 24.5. The van der Waals surface area contributed by atoms with Crippen molar-refractivity contribution in [1.82, 2.24) is 14.6 Å². The minimum Gasteiger partial charge on any atom is -0.487 e. The van der Waals surface area contributed by atoms with Crippen molar-refractivity contribution < 1.29 is 52.2 Å². The average molecular weight is 708 g/mol. The van der Waals surface area contributed by atoms with Gasteiger partial charge in [0, 0.05) is 27.2 Å². The van der Waals surface area contributed by atoms with E-state index in [1.165, 1.54) is 41.7 Å². The first-order valence-corrected chi connectivity index (χ1v) is 17.9. The van der Waals surface area contributed by atoms with Gasteiger partial charge in [-0.05, 0) is 55.5 Å². The predicted octanol–water partition coefficient (Wildman–Crippen LogP) is 3.87. The Morgan fingerprint density at radius 2 is 1.98 bits per heavy atom. The van der Waals surface area contributed by atoms with Crippen molar-refractivity contribution in [3.63, 3.8) is 0 Å². The van der Waals surface area contributed by atoms with Gasteiger partial charge in [-0.1, -0.05) is 26.0 Å². The zero-order chi connectivity index (χ0) is 37.4. The highest BCUT2D eigenvalue weighted by molar-refractivity contribution is 7.89. The summed E-state index contributed by atoms with van der Waals surface area (Å²) in [6.45, 7) is 0.136. The zero-order valence-electron chi connectivity index (χ0n) is 30.7. The van der Waals surface area contributed by atoms with E-state index in [0.29, 0.717) is 33.7 Å². The van der Waals surface area contributed by atoms with Crippen LogP contribution in [0.15, 0.2) is 52.7 Å². The maximum Gasteiger partial charge on any atom is 0.407 e. The largest absolute Gasteiger partial charge is 0.487 e. The van der Waals surface area contributed by atoms with Crippen molar-refractivity contribution in [2.24, 2.45) is 11.8 Å². The Labute approximate surface area is 289 Å². The van der Waals surface area contributed by atoms with E-state index in [0.717, 1.165) is 0 Å². The molecule has 6 rings (SSSR count). The van der Waals surface area contributed by atoms with Crippen molar-refractivity contribution in [2.75, 3.05) is 33.0 Å². The fourth-order valence-electron chi connectivity index (χ4n) is 5.53. The summed E-state index contributed by atoms with van der Waals surface area (Å²) in [5.74, 6) is 0.145. The molecule has 13 nitrogen and oxygen atoms in total. The molecular weight excluding hydrogens is 663 g/mol. The summed E-state index contributed by atoms with van der Waals surface area (Å²) >= 11 is 1.29. The average Bonchev–Trinajstić information content (AvgIpc) is 3.90. The molecule has 0 spiro atoms. The highest BCUT2D eigenvalue weighted by Gasteiger charge is 2.44. The van der Waals surface area contributed by atoms with Crippen molar-refractivity contribution >= 4 is 27.5 Å². The zero-order valence-corrected chi connectivity index (χ0v) is 28.3. The van der Waals surface area contributed by atoms with Crippen LogP contribution in [-0.4, -0.2) is 86.5 Å². The minimum atomic E-state index is -4.60. The summed E-state index contributed by atoms with van der Waals surface area (Å²) in [6.07, 6.45) is -3.77. The van der Waals surface area contributed by atoms with Gasteiger partial charge in [-0.25, -0.2) is 18.2 Å². The van der Waals surface area contributed by atoms with Crippen LogP contribution < -0.4 is 19.5 Å². The number of nitrogens with zero attached hydrogens (tertiary/aromatic N) is 2. The van der Waals surface area contributed by atoms with Crippen LogP contribution in [0.4, 0.5) is 4.79 Å². The second-order valence-electron chi connectivity index (χ2n) is 12.0. The summed E-state index contributed by atoms with van der Waals surface area (Å²) < 4.78 is 96.7. The molecule has 1 aromatic heterocycles. The quantitative estimate of drug-likeness (QED) is 0.251. The second-order valence-corrected chi connectivity index (χ2v) is 15.0. The molecular formula is C33H41N3O10S2.